The first-order valence-electron chi connectivity index (χ1n) is 6.20. The van der Waals surface area contributed by atoms with E-state index in [1.807, 2.05) is 13.8 Å². The van der Waals surface area contributed by atoms with Crippen LogP contribution >= 0.6 is 0 Å². The Morgan fingerprint density at radius 3 is 2.58 bits per heavy atom. The number of hydrogen-bond acceptors (Lipinski definition) is 2. The zero-order chi connectivity index (χ0) is 14.2. The van der Waals surface area contributed by atoms with Gasteiger partial charge >= 0.3 is 0 Å². The molecule has 0 amide bonds. The topological polar surface area (TPSA) is 43.8 Å². The van der Waals surface area contributed by atoms with Gasteiger partial charge in [0.1, 0.15) is 0 Å². The van der Waals surface area contributed by atoms with Crippen LogP contribution in [0.5, 0.6) is 0 Å². The average molecular weight is 265 g/mol. The second-order valence-electron chi connectivity index (χ2n) is 4.60. The summed E-state index contributed by atoms with van der Waals surface area (Å²) in [4.78, 5) is 0. The number of hydrogen-bond donors (Lipinski definition) is 1. The lowest BCUT2D eigenvalue weighted by molar-refractivity contribution is 0.485. The lowest BCUT2D eigenvalue weighted by atomic mass is 10.0. The summed E-state index contributed by atoms with van der Waals surface area (Å²) in [5, 5.41) is 4.27. The van der Waals surface area contributed by atoms with Gasteiger partial charge in [0, 0.05) is 12.1 Å². The maximum atomic E-state index is 14.0. The van der Waals surface area contributed by atoms with Crippen molar-refractivity contribution >= 4 is 0 Å². The van der Waals surface area contributed by atoms with Crippen molar-refractivity contribution in [3.8, 4) is 0 Å². The number of nitrogens with two attached hydrogens (primary N) is 1. The molecule has 1 heterocycles. The van der Waals surface area contributed by atoms with Crippen LogP contribution in [-0.2, 0) is 6.54 Å². The van der Waals surface area contributed by atoms with Gasteiger partial charge in [0.05, 0.1) is 17.4 Å². The number of aromatic nitrogens is 2. The second-order valence-corrected chi connectivity index (χ2v) is 4.60. The fourth-order valence-electron chi connectivity index (χ4n) is 2.13. The predicted molar refractivity (Wildman–Crippen MR) is 69.8 cm³/mol. The van der Waals surface area contributed by atoms with Crippen molar-refractivity contribution in [3.63, 3.8) is 0 Å². The first-order chi connectivity index (χ1) is 8.95. The van der Waals surface area contributed by atoms with E-state index < -0.39 is 17.7 Å². The lowest BCUT2D eigenvalue weighted by Gasteiger charge is -2.15. The highest BCUT2D eigenvalue weighted by Gasteiger charge is 2.21. The monoisotopic (exact) mass is 265 g/mol. The normalized spacial score (nSPS) is 12.7. The molecular formula is C14H17F2N3. The first-order valence-corrected chi connectivity index (χ1v) is 6.20. The van der Waals surface area contributed by atoms with E-state index in [-0.39, 0.29) is 11.1 Å². The molecule has 1 aromatic carbocycles. The van der Waals surface area contributed by atoms with Crippen molar-refractivity contribution in [1.82, 2.24) is 9.78 Å². The van der Waals surface area contributed by atoms with Gasteiger partial charge in [-0.15, -0.1) is 0 Å². The third-order valence-electron chi connectivity index (χ3n) is 3.19. The number of rotatable bonds is 3. The van der Waals surface area contributed by atoms with Crippen LogP contribution < -0.4 is 5.73 Å². The summed E-state index contributed by atoms with van der Waals surface area (Å²) in [6.07, 6.45) is 0. The Labute approximate surface area is 111 Å². The average Bonchev–Trinajstić information content (AvgIpc) is 2.77. The van der Waals surface area contributed by atoms with Crippen LogP contribution in [0, 0.1) is 25.5 Å². The maximum absolute atomic E-state index is 14.0. The molecule has 0 saturated carbocycles. The molecule has 2 rings (SSSR count). The van der Waals surface area contributed by atoms with E-state index >= 15 is 0 Å². The molecule has 0 aliphatic rings. The van der Waals surface area contributed by atoms with Gasteiger partial charge in [-0.2, -0.15) is 5.10 Å². The molecule has 2 N–H and O–H groups in total. The molecule has 0 aliphatic carbocycles. The Morgan fingerprint density at radius 2 is 1.95 bits per heavy atom. The summed E-state index contributed by atoms with van der Waals surface area (Å²) in [5.74, 6) is -1.72. The third kappa shape index (κ3) is 2.38. The zero-order valence-electron chi connectivity index (χ0n) is 11.2. The third-order valence-corrected chi connectivity index (χ3v) is 3.19. The molecule has 0 spiro atoms. The van der Waals surface area contributed by atoms with Gasteiger partial charge in [-0.1, -0.05) is 12.1 Å². The highest BCUT2D eigenvalue weighted by molar-refractivity contribution is 5.33. The molecule has 0 saturated heterocycles. The minimum Gasteiger partial charge on any atom is -0.319 e. The van der Waals surface area contributed by atoms with Crippen LogP contribution in [0.15, 0.2) is 18.2 Å². The Kier molecular flexibility index (Phi) is 3.66. The van der Waals surface area contributed by atoms with Gasteiger partial charge in [-0.3, -0.25) is 4.68 Å². The molecular weight excluding hydrogens is 248 g/mol. The van der Waals surface area contributed by atoms with Gasteiger partial charge < -0.3 is 5.73 Å². The van der Waals surface area contributed by atoms with Gasteiger partial charge in [-0.05, 0) is 32.4 Å². The number of halogens is 2. The summed E-state index contributed by atoms with van der Waals surface area (Å²) in [5.41, 5.74) is 7.97. The van der Waals surface area contributed by atoms with Crippen molar-refractivity contribution in [2.24, 2.45) is 5.73 Å². The van der Waals surface area contributed by atoms with Crippen molar-refractivity contribution in [2.45, 2.75) is 33.4 Å². The summed E-state index contributed by atoms with van der Waals surface area (Å²) >= 11 is 0. The van der Waals surface area contributed by atoms with Gasteiger partial charge in [-0.25, -0.2) is 8.78 Å². The fraction of sp³-hybridized carbons (Fsp3) is 0.357. The summed E-state index contributed by atoms with van der Waals surface area (Å²) < 4.78 is 29.3. The van der Waals surface area contributed by atoms with Crippen molar-refractivity contribution in [3.05, 3.63) is 52.3 Å². The van der Waals surface area contributed by atoms with E-state index in [1.54, 1.807) is 10.7 Å². The van der Waals surface area contributed by atoms with Gasteiger partial charge in [0.15, 0.2) is 11.6 Å². The van der Waals surface area contributed by atoms with Crippen molar-refractivity contribution < 1.29 is 8.78 Å². The zero-order valence-corrected chi connectivity index (χ0v) is 11.2. The van der Waals surface area contributed by atoms with E-state index in [9.17, 15) is 8.78 Å². The number of aryl methyl sites for hydroxylation is 3. The molecule has 5 heteroatoms. The Bertz CT molecular complexity index is 605. The highest BCUT2D eigenvalue weighted by Crippen LogP contribution is 2.25. The highest BCUT2D eigenvalue weighted by atomic mass is 19.2. The smallest absolute Gasteiger partial charge is 0.164 e. The SMILES string of the molecule is CCn1nc(C)cc1C(N)c1ccc(C)c(F)c1F. The van der Waals surface area contributed by atoms with E-state index in [1.165, 1.54) is 19.1 Å². The van der Waals surface area contributed by atoms with E-state index in [0.717, 1.165) is 5.69 Å². The van der Waals surface area contributed by atoms with Crippen molar-refractivity contribution in [2.75, 3.05) is 0 Å². The molecule has 2 aromatic rings. The van der Waals surface area contributed by atoms with E-state index in [0.29, 0.717) is 12.2 Å². The van der Waals surface area contributed by atoms with Crippen LogP contribution in [0.2, 0.25) is 0 Å². The summed E-state index contributed by atoms with van der Waals surface area (Å²) in [6.45, 7) is 5.92. The van der Waals surface area contributed by atoms with Crippen LogP contribution in [0.1, 0.15) is 35.5 Å². The molecule has 102 valence electrons. The largest absolute Gasteiger partial charge is 0.319 e. The van der Waals surface area contributed by atoms with E-state index in [2.05, 4.69) is 5.10 Å². The molecule has 0 bridgehead atoms. The molecule has 1 unspecified atom stereocenters. The fourth-order valence-corrected chi connectivity index (χ4v) is 2.13. The van der Waals surface area contributed by atoms with Crippen LogP contribution in [0.4, 0.5) is 8.78 Å². The molecule has 3 nitrogen and oxygen atoms in total. The Balaban J connectivity index is 2.49. The summed E-state index contributed by atoms with van der Waals surface area (Å²) in [7, 11) is 0. The minimum atomic E-state index is -0.881. The molecule has 0 radical (unpaired) electrons. The van der Waals surface area contributed by atoms with Gasteiger partial charge in [0.25, 0.3) is 0 Å². The van der Waals surface area contributed by atoms with Crippen LogP contribution in [0.3, 0.4) is 0 Å². The van der Waals surface area contributed by atoms with Crippen molar-refractivity contribution in [1.29, 1.82) is 0 Å². The van der Waals surface area contributed by atoms with Gasteiger partial charge in [0.2, 0.25) is 0 Å². The molecule has 1 aromatic heterocycles. The first kappa shape index (κ1) is 13.7. The molecule has 0 aliphatic heterocycles. The number of benzene rings is 1. The Morgan fingerprint density at radius 1 is 1.26 bits per heavy atom. The lowest BCUT2D eigenvalue weighted by Crippen LogP contribution is -2.19. The van der Waals surface area contributed by atoms with E-state index in [4.69, 9.17) is 5.73 Å². The second kappa shape index (κ2) is 5.09. The quantitative estimate of drug-likeness (QED) is 0.927. The van der Waals surface area contributed by atoms with Crippen LogP contribution in [0.25, 0.3) is 0 Å². The van der Waals surface area contributed by atoms with Crippen LogP contribution in [-0.4, -0.2) is 9.78 Å². The number of nitrogens with zero attached hydrogens (tertiary/aromatic N) is 2. The Hall–Kier alpha value is -1.75. The summed E-state index contributed by atoms with van der Waals surface area (Å²) in [6, 6.07) is 4.13. The predicted octanol–water partition coefficient (Wildman–Crippen LogP) is 2.85. The maximum Gasteiger partial charge on any atom is 0.164 e. The molecule has 0 fully saturated rings. The minimum absolute atomic E-state index is 0.151. The molecule has 1 atom stereocenters. The molecule has 19 heavy (non-hydrogen) atoms. The standard InChI is InChI=1S/C14H17F2N3/c1-4-19-11(7-9(3)18-19)14(17)10-6-5-8(2)12(15)13(10)16/h5-7,14H,4,17H2,1-3H3.